The number of piperazine rings is 1. The summed E-state index contributed by atoms with van der Waals surface area (Å²) >= 11 is 0. The van der Waals surface area contributed by atoms with E-state index in [1.807, 2.05) is 18.2 Å². The van der Waals surface area contributed by atoms with Gasteiger partial charge in [-0.25, -0.2) is 8.42 Å². The van der Waals surface area contributed by atoms with Gasteiger partial charge in [0.2, 0.25) is 15.8 Å². The van der Waals surface area contributed by atoms with Crippen molar-refractivity contribution >= 4 is 10.0 Å². The van der Waals surface area contributed by atoms with E-state index in [1.165, 1.54) is 22.1 Å². The Morgan fingerprint density at radius 1 is 1.07 bits per heavy atom. The molecule has 0 bridgehead atoms. The van der Waals surface area contributed by atoms with Gasteiger partial charge in [0.05, 0.1) is 25.5 Å². The van der Waals surface area contributed by atoms with Gasteiger partial charge in [0.25, 0.3) is 0 Å². The van der Waals surface area contributed by atoms with E-state index in [4.69, 9.17) is 13.7 Å². The summed E-state index contributed by atoms with van der Waals surface area (Å²) in [6.07, 6.45) is 1.49. The van der Waals surface area contributed by atoms with Gasteiger partial charge in [-0.2, -0.15) is 4.31 Å². The van der Waals surface area contributed by atoms with Crippen LogP contribution in [0.4, 0.5) is 0 Å². The minimum Gasteiger partial charge on any atom is -0.457 e. The molecule has 3 aromatic rings. The fourth-order valence-electron chi connectivity index (χ4n) is 4.32. The number of hydrogen-bond acceptors (Lipinski definition) is 7. The number of fused-ring (bicyclic) bond motifs is 1. The molecular weight excluding hydrogens is 406 g/mol. The van der Waals surface area contributed by atoms with Crippen molar-refractivity contribution in [1.29, 1.82) is 0 Å². The first-order valence-corrected chi connectivity index (χ1v) is 11.4. The van der Waals surface area contributed by atoms with Crippen molar-refractivity contribution in [2.24, 2.45) is 0 Å². The molecular formula is C21H23N3O5S. The Balaban J connectivity index is 1.38. The number of aromatic nitrogens is 1. The molecule has 2 saturated heterocycles. The lowest BCUT2D eigenvalue weighted by Crippen LogP contribution is -2.59. The zero-order valence-electron chi connectivity index (χ0n) is 16.6. The molecule has 1 aromatic carbocycles. The lowest BCUT2D eigenvalue weighted by Gasteiger charge is -2.47. The van der Waals surface area contributed by atoms with Crippen molar-refractivity contribution in [1.82, 2.24) is 14.4 Å². The first kappa shape index (κ1) is 19.5. The van der Waals surface area contributed by atoms with E-state index in [-0.39, 0.29) is 17.0 Å². The number of ether oxygens (including phenoxy) is 1. The quantitative estimate of drug-likeness (QED) is 0.630. The van der Waals surface area contributed by atoms with Gasteiger partial charge in [0.1, 0.15) is 10.7 Å². The third kappa shape index (κ3) is 3.37. The molecule has 4 heterocycles. The predicted molar refractivity (Wildman–Crippen MR) is 108 cm³/mol. The third-order valence-electron chi connectivity index (χ3n) is 5.83. The molecule has 0 amide bonds. The second kappa shape index (κ2) is 7.66. The highest BCUT2D eigenvalue weighted by molar-refractivity contribution is 7.89. The van der Waals surface area contributed by atoms with Crippen molar-refractivity contribution in [2.45, 2.75) is 23.9 Å². The zero-order chi connectivity index (χ0) is 20.7. The highest BCUT2D eigenvalue weighted by atomic mass is 32.2. The normalized spacial score (nSPS) is 23.4. The van der Waals surface area contributed by atoms with Crippen LogP contribution in [0.25, 0.3) is 11.5 Å². The van der Waals surface area contributed by atoms with Gasteiger partial charge in [-0.05, 0) is 12.5 Å². The minimum atomic E-state index is -3.70. The average Bonchev–Trinajstić information content (AvgIpc) is 3.43. The molecule has 2 atom stereocenters. The van der Waals surface area contributed by atoms with Crippen molar-refractivity contribution in [3.8, 4) is 11.5 Å². The molecule has 0 aliphatic carbocycles. The number of morpholine rings is 1. The molecule has 0 radical (unpaired) electrons. The number of benzene rings is 1. The van der Waals surface area contributed by atoms with Crippen molar-refractivity contribution in [3.05, 3.63) is 60.0 Å². The summed E-state index contributed by atoms with van der Waals surface area (Å²) in [6, 6.07) is 13.5. The second-order valence-electron chi connectivity index (χ2n) is 7.63. The highest BCUT2D eigenvalue weighted by Gasteiger charge is 2.41. The molecule has 158 valence electrons. The van der Waals surface area contributed by atoms with Crippen molar-refractivity contribution in [2.75, 3.05) is 32.8 Å². The summed E-state index contributed by atoms with van der Waals surface area (Å²) < 4.78 is 44.9. The maximum Gasteiger partial charge on any atom is 0.246 e. The number of hydrogen-bond donors (Lipinski definition) is 0. The smallest absolute Gasteiger partial charge is 0.246 e. The lowest BCUT2D eigenvalue weighted by molar-refractivity contribution is -0.0709. The second-order valence-corrected chi connectivity index (χ2v) is 9.53. The monoisotopic (exact) mass is 429 g/mol. The summed E-state index contributed by atoms with van der Waals surface area (Å²) in [7, 11) is -3.70. The van der Waals surface area contributed by atoms with E-state index in [9.17, 15) is 8.42 Å². The topological polar surface area (TPSA) is 89.0 Å². The Morgan fingerprint density at radius 3 is 2.67 bits per heavy atom. The molecule has 2 fully saturated rings. The molecule has 30 heavy (non-hydrogen) atoms. The van der Waals surface area contributed by atoms with Gasteiger partial charge < -0.3 is 13.7 Å². The van der Waals surface area contributed by atoms with Crippen LogP contribution in [-0.4, -0.2) is 61.7 Å². The van der Waals surface area contributed by atoms with E-state index in [1.54, 1.807) is 13.0 Å². The van der Waals surface area contributed by atoms with Gasteiger partial charge >= 0.3 is 0 Å². The van der Waals surface area contributed by atoms with Crippen LogP contribution in [0.15, 0.2) is 62.5 Å². The van der Waals surface area contributed by atoms with Crippen LogP contribution in [0, 0.1) is 6.92 Å². The summed E-state index contributed by atoms with van der Waals surface area (Å²) in [5.74, 6) is 1.09. The summed E-state index contributed by atoms with van der Waals surface area (Å²) in [5.41, 5.74) is 1.20. The fourth-order valence-corrected chi connectivity index (χ4v) is 5.95. The van der Waals surface area contributed by atoms with E-state index in [2.05, 4.69) is 22.2 Å². The maximum absolute atomic E-state index is 13.4. The van der Waals surface area contributed by atoms with Crippen LogP contribution in [0.2, 0.25) is 0 Å². The standard InChI is InChI=1S/C21H23N3O5S/c1-15-21(11-20(28-15)19-7-8-22-29-19)30(25,26)23-9-10-24-17(12-23)13-27-14-18(24)16-5-3-2-4-6-16/h2-8,11,17-18H,9-10,12-14H2,1H3/t17-,18-/m1/s1. The minimum absolute atomic E-state index is 0.00781. The van der Waals surface area contributed by atoms with Crippen LogP contribution in [0.5, 0.6) is 0 Å². The Kier molecular flexibility index (Phi) is 4.98. The SMILES string of the molecule is Cc1oc(-c2ccno2)cc1S(=O)(=O)N1CCN2[C@@H](COC[C@@H]2c2ccccc2)C1. The van der Waals surface area contributed by atoms with Crippen LogP contribution in [-0.2, 0) is 14.8 Å². The van der Waals surface area contributed by atoms with Crippen LogP contribution >= 0.6 is 0 Å². The van der Waals surface area contributed by atoms with Gasteiger partial charge in [-0.1, -0.05) is 35.5 Å². The third-order valence-corrected chi connectivity index (χ3v) is 7.80. The molecule has 0 N–H and O–H groups in total. The molecule has 8 nitrogen and oxygen atoms in total. The molecule has 0 spiro atoms. The van der Waals surface area contributed by atoms with E-state index in [0.29, 0.717) is 50.1 Å². The van der Waals surface area contributed by atoms with Crippen molar-refractivity contribution in [3.63, 3.8) is 0 Å². The number of aryl methyl sites for hydroxylation is 1. The van der Waals surface area contributed by atoms with E-state index < -0.39 is 10.0 Å². The Labute approximate surface area is 175 Å². The van der Waals surface area contributed by atoms with E-state index in [0.717, 1.165) is 0 Å². The summed E-state index contributed by atoms with van der Waals surface area (Å²) in [4.78, 5) is 2.53. The summed E-state index contributed by atoms with van der Waals surface area (Å²) in [5, 5.41) is 3.65. The van der Waals surface area contributed by atoms with Gasteiger partial charge in [0, 0.05) is 37.8 Å². The molecule has 2 aliphatic heterocycles. The number of furan rings is 1. The molecule has 2 aromatic heterocycles. The van der Waals surface area contributed by atoms with Crippen LogP contribution in [0.1, 0.15) is 17.4 Å². The molecule has 9 heteroatoms. The maximum atomic E-state index is 13.4. The largest absolute Gasteiger partial charge is 0.457 e. The predicted octanol–water partition coefficient (Wildman–Crippen LogP) is 2.69. The van der Waals surface area contributed by atoms with Crippen molar-refractivity contribution < 1.29 is 22.1 Å². The van der Waals surface area contributed by atoms with Gasteiger partial charge in [0.15, 0.2) is 5.76 Å². The highest BCUT2D eigenvalue weighted by Crippen LogP contribution is 2.34. The lowest BCUT2D eigenvalue weighted by atomic mass is 10.0. The Morgan fingerprint density at radius 2 is 1.90 bits per heavy atom. The number of sulfonamides is 1. The van der Waals surface area contributed by atoms with Crippen LogP contribution < -0.4 is 0 Å². The van der Waals surface area contributed by atoms with Gasteiger partial charge in [-0.3, -0.25) is 4.90 Å². The van der Waals surface area contributed by atoms with Crippen LogP contribution in [0.3, 0.4) is 0 Å². The fraction of sp³-hybridized carbons (Fsp3) is 0.381. The molecule has 5 rings (SSSR count). The summed E-state index contributed by atoms with van der Waals surface area (Å²) in [6.45, 7) is 4.24. The molecule has 2 aliphatic rings. The number of rotatable bonds is 4. The molecule has 0 unspecified atom stereocenters. The first-order chi connectivity index (χ1) is 14.5. The number of nitrogens with zero attached hydrogens (tertiary/aromatic N) is 3. The Bertz CT molecular complexity index is 1110. The van der Waals surface area contributed by atoms with E-state index >= 15 is 0 Å². The Hall–Kier alpha value is -2.46. The van der Waals surface area contributed by atoms with Gasteiger partial charge in [-0.15, -0.1) is 0 Å². The zero-order valence-corrected chi connectivity index (χ0v) is 17.4. The first-order valence-electron chi connectivity index (χ1n) is 9.94. The average molecular weight is 429 g/mol. The molecule has 0 saturated carbocycles.